The Hall–Kier alpha value is -2.03. The molecule has 0 aliphatic rings. The van der Waals surface area contributed by atoms with E-state index in [4.69, 9.17) is 5.73 Å². The molecule has 0 amide bonds. The maximum atomic E-state index is 13.3. The highest BCUT2D eigenvalue weighted by Gasteiger charge is 2.08. The van der Waals surface area contributed by atoms with Gasteiger partial charge in [0.2, 0.25) is 0 Å². The molecule has 0 aliphatic heterocycles. The molecule has 2 rings (SSSR count). The summed E-state index contributed by atoms with van der Waals surface area (Å²) in [6.07, 6.45) is 0. The van der Waals surface area contributed by atoms with E-state index in [0.717, 1.165) is 23.5 Å². The van der Waals surface area contributed by atoms with Gasteiger partial charge in [-0.3, -0.25) is 0 Å². The second-order valence-electron chi connectivity index (χ2n) is 4.70. The number of aryl methyl sites for hydroxylation is 1. The fourth-order valence-corrected chi connectivity index (χ4v) is 2.14. The Morgan fingerprint density at radius 3 is 2.63 bits per heavy atom. The fourth-order valence-electron chi connectivity index (χ4n) is 2.14. The Bertz CT molecular complexity index is 566. The Kier molecular flexibility index (Phi) is 4.05. The second kappa shape index (κ2) is 5.74. The molecule has 0 fully saturated rings. The molecular formula is C16H19FN2. The van der Waals surface area contributed by atoms with Crippen LogP contribution in [0.2, 0.25) is 0 Å². The van der Waals surface area contributed by atoms with Gasteiger partial charge in [0.05, 0.1) is 0 Å². The number of benzene rings is 2. The smallest absolute Gasteiger partial charge is 0.125 e. The number of hydrogen-bond acceptors (Lipinski definition) is 2. The predicted molar refractivity (Wildman–Crippen MR) is 78.7 cm³/mol. The Balaban J connectivity index is 2.26. The summed E-state index contributed by atoms with van der Waals surface area (Å²) >= 11 is 0. The predicted octanol–water partition coefficient (Wildman–Crippen LogP) is 3.74. The van der Waals surface area contributed by atoms with Crippen LogP contribution >= 0.6 is 0 Å². The molecule has 0 saturated carbocycles. The van der Waals surface area contributed by atoms with Crippen LogP contribution in [0, 0.1) is 12.7 Å². The lowest BCUT2D eigenvalue weighted by atomic mass is 10.1. The lowest BCUT2D eigenvalue weighted by molar-refractivity contribution is 0.626. The highest BCUT2D eigenvalue weighted by molar-refractivity contribution is 5.53. The Labute approximate surface area is 113 Å². The van der Waals surface area contributed by atoms with Crippen LogP contribution in [-0.2, 0) is 6.54 Å². The third-order valence-corrected chi connectivity index (χ3v) is 3.21. The van der Waals surface area contributed by atoms with E-state index in [-0.39, 0.29) is 5.82 Å². The average molecular weight is 258 g/mol. The Morgan fingerprint density at radius 2 is 1.95 bits per heavy atom. The van der Waals surface area contributed by atoms with Gasteiger partial charge < -0.3 is 10.6 Å². The van der Waals surface area contributed by atoms with Crippen LogP contribution in [-0.4, -0.2) is 6.54 Å². The van der Waals surface area contributed by atoms with Crippen molar-refractivity contribution in [1.29, 1.82) is 0 Å². The van der Waals surface area contributed by atoms with Gasteiger partial charge in [-0.05, 0) is 43.7 Å². The molecule has 0 radical (unpaired) electrons. The molecule has 19 heavy (non-hydrogen) atoms. The van der Waals surface area contributed by atoms with Crippen LogP contribution < -0.4 is 10.6 Å². The molecule has 2 aromatic carbocycles. The molecule has 0 saturated heterocycles. The van der Waals surface area contributed by atoms with Gasteiger partial charge in [-0.1, -0.05) is 23.8 Å². The molecule has 0 spiro atoms. The molecule has 2 aromatic rings. The van der Waals surface area contributed by atoms with Crippen molar-refractivity contribution in [3.05, 3.63) is 59.4 Å². The Morgan fingerprint density at radius 1 is 1.16 bits per heavy atom. The summed E-state index contributed by atoms with van der Waals surface area (Å²) in [5.74, 6) is -0.215. The van der Waals surface area contributed by atoms with Gasteiger partial charge in [0.25, 0.3) is 0 Å². The molecule has 3 heteroatoms. The summed E-state index contributed by atoms with van der Waals surface area (Å²) in [5, 5.41) is 0. The summed E-state index contributed by atoms with van der Waals surface area (Å²) in [7, 11) is 0. The average Bonchev–Trinajstić information content (AvgIpc) is 2.39. The van der Waals surface area contributed by atoms with E-state index < -0.39 is 0 Å². The molecule has 0 heterocycles. The zero-order valence-electron chi connectivity index (χ0n) is 11.4. The van der Waals surface area contributed by atoms with E-state index in [2.05, 4.69) is 17.9 Å². The van der Waals surface area contributed by atoms with Crippen molar-refractivity contribution in [2.75, 3.05) is 17.2 Å². The summed E-state index contributed by atoms with van der Waals surface area (Å²) in [6, 6.07) is 12.7. The van der Waals surface area contributed by atoms with Crippen LogP contribution in [0.4, 0.5) is 15.8 Å². The first-order valence-corrected chi connectivity index (χ1v) is 6.45. The van der Waals surface area contributed by atoms with Gasteiger partial charge in [0.15, 0.2) is 0 Å². The van der Waals surface area contributed by atoms with Crippen molar-refractivity contribution in [2.24, 2.45) is 0 Å². The highest BCUT2D eigenvalue weighted by Crippen LogP contribution is 2.21. The van der Waals surface area contributed by atoms with Crippen molar-refractivity contribution in [3.8, 4) is 0 Å². The van der Waals surface area contributed by atoms with Crippen LogP contribution in [0.3, 0.4) is 0 Å². The van der Waals surface area contributed by atoms with E-state index in [1.807, 2.05) is 25.1 Å². The molecule has 2 N–H and O–H groups in total. The fraction of sp³-hybridized carbons (Fsp3) is 0.250. The minimum absolute atomic E-state index is 0.215. The quantitative estimate of drug-likeness (QED) is 0.846. The summed E-state index contributed by atoms with van der Waals surface area (Å²) in [6.45, 7) is 5.59. The molecule has 0 aromatic heterocycles. The van der Waals surface area contributed by atoms with Gasteiger partial charge in [-0.15, -0.1) is 0 Å². The van der Waals surface area contributed by atoms with Crippen molar-refractivity contribution >= 4 is 11.4 Å². The number of rotatable bonds is 4. The maximum Gasteiger partial charge on any atom is 0.125 e. The van der Waals surface area contributed by atoms with E-state index in [0.29, 0.717) is 6.54 Å². The normalized spacial score (nSPS) is 10.5. The molecular weight excluding hydrogens is 239 g/mol. The van der Waals surface area contributed by atoms with Crippen molar-refractivity contribution in [3.63, 3.8) is 0 Å². The maximum absolute atomic E-state index is 13.3. The summed E-state index contributed by atoms with van der Waals surface area (Å²) in [5.41, 5.74) is 9.91. The van der Waals surface area contributed by atoms with Crippen LogP contribution in [0.25, 0.3) is 0 Å². The molecule has 0 bridgehead atoms. The van der Waals surface area contributed by atoms with Crippen molar-refractivity contribution < 1.29 is 4.39 Å². The van der Waals surface area contributed by atoms with E-state index >= 15 is 0 Å². The topological polar surface area (TPSA) is 29.3 Å². The standard InChI is InChI=1S/C16H19FN2/c1-3-19(15-6-4-5-14(17)10-15)11-13-9-12(2)7-8-16(13)18/h4-10H,3,11,18H2,1-2H3. The lowest BCUT2D eigenvalue weighted by Gasteiger charge is -2.24. The number of anilines is 2. The molecule has 2 nitrogen and oxygen atoms in total. The number of nitrogens with two attached hydrogens (primary N) is 1. The van der Waals surface area contributed by atoms with Gasteiger partial charge >= 0.3 is 0 Å². The van der Waals surface area contributed by atoms with Gasteiger partial charge in [-0.25, -0.2) is 4.39 Å². The van der Waals surface area contributed by atoms with Crippen LogP contribution in [0.15, 0.2) is 42.5 Å². The largest absolute Gasteiger partial charge is 0.398 e. The molecule has 100 valence electrons. The zero-order valence-corrected chi connectivity index (χ0v) is 11.4. The highest BCUT2D eigenvalue weighted by atomic mass is 19.1. The monoisotopic (exact) mass is 258 g/mol. The molecule has 0 atom stereocenters. The first-order chi connectivity index (χ1) is 9.10. The molecule has 0 aliphatic carbocycles. The van der Waals surface area contributed by atoms with Crippen LogP contribution in [0.5, 0.6) is 0 Å². The SMILES string of the molecule is CCN(Cc1cc(C)ccc1N)c1cccc(F)c1. The lowest BCUT2D eigenvalue weighted by Crippen LogP contribution is -2.22. The minimum atomic E-state index is -0.215. The van der Waals surface area contributed by atoms with Gasteiger partial charge in [0, 0.05) is 24.5 Å². The van der Waals surface area contributed by atoms with Crippen LogP contribution in [0.1, 0.15) is 18.1 Å². The first kappa shape index (κ1) is 13.4. The van der Waals surface area contributed by atoms with E-state index in [1.165, 1.54) is 11.6 Å². The zero-order chi connectivity index (χ0) is 13.8. The number of nitrogens with zero attached hydrogens (tertiary/aromatic N) is 1. The van der Waals surface area contributed by atoms with Crippen molar-refractivity contribution in [2.45, 2.75) is 20.4 Å². The second-order valence-corrected chi connectivity index (χ2v) is 4.70. The van der Waals surface area contributed by atoms with E-state index in [1.54, 1.807) is 12.1 Å². The first-order valence-electron chi connectivity index (χ1n) is 6.45. The summed E-state index contributed by atoms with van der Waals surface area (Å²) in [4.78, 5) is 2.11. The number of hydrogen-bond donors (Lipinski definition) is 1. The van der Waals surface area contributed by atoms with Gasteiger partial charge in [-0.2, -0.15) is 0 Å². The number of halogens is 1. The third-order valence-electron chi connectivity index (χ3n) is 3.21. The third kappa shape index (κ3) is 3.25. The summed E-state index contributed by atoms with van der Waals surface area (Å²) < 4.78 is 13.3. The minimum Gasteiger partial charge on any atom is -0.398 e. The molecule has 0 unspecified atom stereocenters. The van der Waals surface area contributed by atoms with Crippen molar-refractivity contribution in [1.82, 2.24) is 0 Å². The van der Waals surface area contributed by atoms with E-state index in [9.17, 15) is 4.39 Å². The van der Waals surface area contributed by atoms with Gasteiger partial charge in [0.1, 0.15) is 5.82 Å². The number of nitrogen functional groups attached to an aromatic ring is 1.